The lowest BCUT2D eigenvalue weighted by Crippen LogP contribution is -2.01. The fraction of sp³-hybridized carbons (Fsp3) is 0.333. The quantitative estimate of drug-likeness (QED) is 0.814. The summed E-state index contributed by atoms with van der Waals surface area (Å²) in [4.78, 5) is 0. The number of halogens is 2. The van der Waals surface area contributed by atoms with E-state index in [1.54, 1.807) is 18.2 Å². The summed E-state index contributed by atoms with van der Waals surface area (Å²) in [6, 6.07) is 5.10. The Bertz CT molecular complexity index is 280. The van der Waals surface area contributed by atoms with Crippen LogP contribution in [0.3, 0.4) is 0 Å². The van der Waals surface area contributed by atoms with Gasteiger partial charge in [-0.05, 0) is 23.8 Å². The third-order valence-electron chi connectivity index (χ3n) is 1.58. The lowest BCUT2D eigenvalue weighted by molar-refractivity contribution is 0.273. The molecule has 0 atom stereocenters. The second-order valence-electron chi connectivity index (χ2n) is 2.49. The number of hydrogen-bond donors (Lipinski definition) is 1. The SMILES string of the molecule is NCc1cc(OCCF)ccc1Cl. The van der Waals surface area contributed by atoms with Gasteiger partial charge in [0, 0.05) is 11.6 Å². The van der Waals surface area contributed by atoms with Gasteiger partial charge in [0.05, 0.1) is 0 Å². The molecule has 0 radical (unpaired) electrons. The zero-order valence-electron chi connectivity index (χ0n) is 7.09. The first-order chi connectivity index (χ1) is 6.27. The summed E-state index contributed by atoms with van der Waals surface area (Å²) < 4.78 is 16.8. The zero-order chi connectivity index (χ0) is 9.68. The van der Waals surface area contributed by atoms with Crippen molar-refractivity contribution in [1.82, 2.24) is 0 Å². The van der Waals surface area contributed by atoms with E-state index in [1.807, 2.05) is 0 Å². The highest BCUT2D eigenvalue weighted by Crippen LogP contribution is 2.21. The van der Waals surface area contributed by atoms with Crippen molar-refractivity contribution in [2.75, 3.05) is 13.3 Å². The Kier molecular flexibility index (Phi) is 3.99. The minimum Gasteiger partial charge on any atom is -0.491 e. The minimum absolute atomic E-state index is 0.0612. The van der Waals surface area contributed by atoms with Gasteiger partial charge in [0.1, 0.15) is 19.0 Å². The average molecular weight is 204 g/mol. The summed E-state index contributed by atoms with van der Waals surface area (Å²) in [7, 11) is 0. The average Bonchev–Trinajstić information content (AvgIpc) is 2.16. The van der Waals surface area contributed by atoms with Crippen LogP contribution in [0.4, 0.5) is 4.39 Å². The second kappa shape index (κ2) is 5.04. The molecule has 72 valence electrons. The molecule has 4 heteroatoms. The van der Waals surface area contributed by atoms with Crippen LogP contribution in [0.2, 0.25) is 5.02 Å². The molecule has 2 nitrogen and oxygen atoms in total. The van der Waals surface area contributed by atoms with Gasteiger partial charge < -0.3 is 10.5 Å². The molecule has 0 aliphatic rings. The molecule has 13 heavy (non-hydrogen) atoms. The third-order valence-corrected chi connectivity index (χ3v) is 1.95. The van der Waals surface area contributed by atoms with E-state index in [2.05, 4.69) is 0 Å². The van der Waals surface area contributed by atoms with Gasteiger partial charge in [-0.2, -0.15) is 0 Å². The van der Waals surface area contributed by atoms with Crippen LogP contribution in [0, 0.1) is 0 Å². The molecule has 0 saturated carbocycles. The van der Waals surface area contributed by atoms with Gasteiger partial charge in [0.25, 0.3) is 0 Å². The molecular formula is C9H11ClFNO. The van der Waals surface area contributed by atoms with Gasteiger partial charge in [-0.1, -0.05) is 11.6 Å². The molecule has 0 bridgehead atoms. The predicted molar refractivity (Wildman–Crippen MR) is 50.8 cm³/mol. The Hall–Kier alpha value is -0.800. The first-order valence-corrected chi connectivity index (χ1v) is 4.33. The van der Waals surface area contributed by atoms with Crippen molar-refractivity contribution in [2.24, 2.45) is 5.73 Å². The number of benzene rings is 1. The zero-order valence-corrected chi connectivity index (χ0v) is 7.85. The Balaban J connectivity index is 2.74. The fourth-order valence-corrected chi connectivity index (χ4v) is 1.15. The molecule has 0 spiro atoms. The Morgan fingerprint density at radius 3 is 2.85 bits per heavy atom. The molecule has 0 aromatic heterocycles. The van der Waals surface area contributed by atoms with E-state index in [9.17, 15) is 4.39 Å². The maximum atomic E-state index is 11.8. The van der Waals surface area contributed by atoms with Gasteiger partial charge in [0.15, 0.2) is 0 Å². The van der Waals surface area contributed by atoms with Crippen molar-refractivity contribution in [3.63, 3.8) is 0 Å². The Labute approximate surface area is 81.4 Å². The molecule has 0 aliphatic heterocycles. The van der Waals surface area contributed by atoms with E-state index >= 15 is 0 Å². The highest BCUT2D eigenvalue weighted by molar-refractivity contribution is 6.31. The number of ether oxygens (including phenoxy) is 1. The van der Waals surface area contributed by atoms with E-state index < -0.39 is 6.67 Å². The number of rotatable bonds is 4. The standard InChI is InChI=1S/C9H11ClFNO/c10-9-2-1-8(13-4-3-11)5-7(9)6-12/h1-2,5H,3-4,6,12H2. The molecule has 1 aromatic carbocycles. The van der Waals surface area contributed by atoms with Crippen LogP contribution >= 0.6 is 11.6 Å². The van der Waals surface area contributed by atoms with Crippen LogP contribution in [0.15, 0.2) is 18.2 Å². The summed E-state index contributed by atoms with van der Waals surface area (Å²) >= 11 is 5.82. The van der Waals surface area contributed by atoms with Crippen molar-refractivity contribution >= 4 is 11.6 Å². The molecule has 0 amide bonds. The summed E-state index contributed by atoms with van der Waals surface area (Å²) in [5.74, 6) is 0.600. The molecular weight excluding hydrogens is 193 g/mol. The van der Waals surface area contributed by atoms with E-state index in [-0.39, 0.29) is 6.61 Å². The molecule has 0 unspecified atom stereocenters. The van der Waals surface area contributed by atoms with E-state index in [0.29, 0.717) is 17.3 Å². The van der Waals surface area contributed by atoms with Gasteiger partial charge >= 0.3 is 0 Å². The van der Waals surface area contributed by atoms with Crippen LogP contribution in [-0.2, 0) is 6.54 Å². The first-order valence-electron chi connectivity index (χ1n) is 3.95. The number of nitrogens with two attached hydrogens (primary N) is 1. The minimum atomic E-state index is -0.499. The molecule has 0 saturated heterocycles. The predicted octanol–water partition coefficient (Wildman–Crippen LogP) is 2.15. The monoisotopic (exact) mass is 203 g/mol. The largest absolute Gasteiger partial charge is 0.491 e. The lowest BCUT2D eigenvalue weighted by Gasteiger charge is -2.06. The van der Waals surface area contributed by atoms with Gasteiger partial charge in [-0.15, -0.1) is 0 Å². The summed E-state index contributed by atoms with van der Waals surface area (Å²) in [6.07, 6.45) is 0. The van der Waals surface area contributed by atoms with Crippen molar-refractivity contribution in [2.45, 2.75) is 6.54 Å². The lowest BCUT2D eigenvalue weighted by atomic mass is 10.2. The highest BCUT2D eigenvalue weighted by atomic mass is 35.5. The highest BCUT2D eigenvalue weighted by Gasteiger charge is 2.00. The fourth-order valence-electron chi connectivity index (χ4n) is 0.954. The van der Waals surface area contributed by atoms with Crippen molar-refractivity contribution < 1.29 is 9.13 Å². The van der Waals surface area contributed by atoms with Crippen LogP contribution in [0.5, 0.6) is 5.75 Å². The molecule has 2 N–H and O–H groups in total. The normalized spacial score (nSPS) is 10.1. The van der Waals surface area contributed by atoms with Crippen molar-refractivity contribution in [3.8, 4) is 5.75 Å². The topological polar surface area (TPSA) is 35.2 Å². The van der Waals surface area contributed by atoms with Crippen LogP contribution in [-0.4, -0.2) is 13.3 Å². The third kappa shape index (κ3) is 2.86. The van der Waals surface area contributed by atoms with Crippen LogP contribution in [0.1, 0.15) is 5.56 Å². The first kappa shape index (κ1) is 10.3. The van der Waals surface area contributed by atoms with Crippen LogP contribution < -0.4 is 10.5 Å². The van der Waals surface area contributed by atoms with E-state index in [4.69, 9.17) is 22.1 Å². The Morgan fingerprint density at radius 1 is 1.46 bits per heavy atom. The smallest absolute Gasteiger partial charge is 0.123 e. The number of alkyl halides is 1. The summed E-state index contributed by atoms with van der Waals surface area (Å²) in [5, 5.41) is 0.607. The Morgan fingerprint density at radius 2 is 2.23 bits per heavy atom. The van der Waals surface area contributed by atoms with Crippen molar-refractivity contribution in [1.29, 1.82) is 0 Å². The second-order valence-corrected chi connectivity index (χ2v) is 2.90. The number of hydrogen-bond acceptors (Lipinski definition) is 2. The van der Waals surface area contributed by atoms with Gasteiger partial charge in [0.2, 0.25) is 0 Å². The van der Waals surface area contributed by atoms with Crippen molar-refractivity contribution in [3.05, 3.63) is 28.8 Å². The molecule has 1 aromatic rings. The molecule has 1 rings (SSSR count). The van der Waals surface area contributed by atoms with E-state index in [1.165, 1.54) is 0 Å². The van der Waals surface area contributed by atoms with Crippen LogP contribution in [0.25, 0.3) is 0 Å². The molecule has 0 aliphatic carbocycles. The molecule has 0 heterocycles. The molecule has 0 fully saturated rings. The summed E-state index contributed by atoms with van der Waals surface area (Å²) in [5.41, 5.74) is 6.24. The maximum Gasteiger partial charge on any atom is 0.123 e. The maximum absolute atomic E-state index is 11.8. The van der Waals surface area contributed by atoms with Gasteiger partial charge in [-0.25, -0.2) is 4.39 Å². The van der Waals surface area contributed by atoms with E-state index in [0.717, 1.165) is 5.56 Å². The van der Waals surface area contributed by atoms with Gasteiger partial charge in [-0.3, -0.25) is 0 Å². The summed E-state index contributed by atoms with van der Waals surface area (Å²) in [6.45, 7) is -0.0854.